The third-order valence-electron chi connectivity index (χ3n) is 1.21. The first kappa shape index (κ1) is 9.31. The molecule has 0 aliphatic heterocycles. The lowest BCUT2D eigenvalue weighted by molar-refractivity contribution is 1.01. The average Bonchev–Trinajstić information content (AvgIpc) is 1.91. The molecule has 0 rings (SSSR count). The Balaban J connectivity index is 4.42. The summed E-state index contributed by atoms with van der Waals surface area (Å²) in [6.45, 7) is 5.60. The van der Waals surface area contributed by atoms with Gasteiger partial charge in [-0.25, -0.2) is 0 Å². The van der Waals surface area contributed by atoms with Gasteiger partial charge < -0.3 is 5.32 Å². The fourth-order valence-electron chi connectivity index (χ4n) is 0.644. The van der Waals surface area contributed by atoms with E-state index in [1.54, 1.807) is 6.08 Å². The highest BCUT2D eigenvalue weighted by atomic mass is 35.5. The first-order chi connectivity index (χ1) is 4.76. The normalized spacial score (nSPS) is 13.1. The molecule has 0 saturated heterocycles. The minimum Gasteiger partial charge on any atom is -0.388 e. The molecule has 0 aliphatic rings. The lowest BCUT2D eigenvalue weighted by Crippen LogP contribution is -2.04. The molecule has 0 bridgehead atoms. The zero-order valence-corrected chi connectivity index (χ0v) is 7.07. The van der Waals surface area contributed by atoms with Gasteiger partial charge in [0.15, 0.2) is 0 Å². The Morgan fingerprint density at radius 2 is 2.20 bits per heavy atom. The van der Waals surface area contributed by atoms with Crippen LogP contribution < -0.4 is 5.32 Å². The van der Waals surface area contributed by atoms with E-state index in [1.807, 2.05) is 20.0 Å². The highest BCUT2D eigenvalue weighted by Crippen LogP contribution is 2.02. The van der Waals surface area contributed by atoms with E-state index in [0.717, 1.165) is 11.3 Å². The van der Waals surface area contributed by atoms with Crippen molar-refractivity contribution in [3.8, 4) is 0 Å². The second-order valence-corrected chi connectivity index (χ2v) is 2.10. The molecule has 1 N–H and O–H groups in total. The molecule has 0 unspecified atom stereocenters. The van der Waals surface area contributed by atoms with Crippen LogP contribution >= 0.6 is 11.6 Å². The molecule has 0 radical (unpaired) electrons. The van der Waals surface area contributed by atoms with Crippen LogP contribution in [-0.4, -0.2) is 7.05 Å². The second kappa shape index (κ2) is 5.12. The van der Waals surface area contributed by atoms with Gasteiger partial charge in [0.05, 0.1) is 0 Å². The van der Waals surface area contributed by atoms with E-state index < -0.39 is 0 Å². The van der Waals surface area contributed by atoms with Gasteiger partial charge in [0.2, 0.25) is 0 Å². The molecule has 2 heteroatoms. The third-order valence-corrected chi connectivity index (χ3v) is 1.34. The average molecular weight is 158 g/mol. The van der Waals surface area contributed by atoms with Crippen molar-refractivity contribution in [1.82, 2.24) is 5.32 Å². The van der Waals surface area contributed by atoms with Crippen LogP contribution in [0.2, 0.25) is 0 Å². The first-order valence-corrected chi connectivity index (χ1v) is 3.47. The quantitative estimate of drug-likeness (QED) is 0.621. The minimum absolute atomic E-state index is 0.997. The molecule has 0 aromatic carbocycles. The van der Waals surface area contributed by atoms with Crippen molar-refractivity contribution in [2.45, 2.75) is 6.92 Å². The Kier molecular flexibility index (Phi) is 4.77. The van der Waals surface area contributed by atoms with E-state index in [1.165, 1.54) is 5.54 Å². The SMILES string of the molecule is C=C/C(NC)=C(C)\C=C\Cl. The van der Waals surface area contributed by atoms with Gasteiger partial charge in [0.1, 0.15) is 0 Å². The van der Waals surface area contributed by atoms with Crippen LogP contribution in [0, 0.1) is 0 Å². The molecular weight excluding hydrogens is 146 g/mol. The third kappa shape index (κ3) is 2.74. The summed E-state index contributed by atoms with van der Waals surface area (Å²) in [6, 6.07) is 0. The monoisotopic (exact) mass is 157 g/mol. The molecule has 0 heterocycles. The number of allylic oxidation sites excluding steroid dienone is 3. The topological polar surface area (TPSA) is 12.0 Å². The van der Waals surface area contributed by atoms with Crippen LogP contribution in [0.3, 0.4) is 0 Å². The van der Waals surface area contributed by atoms with E-state index in [-0.39, 0.29) is 0 Å². The number of halogens is 1. The van der Waals surface area contributed by atoms with Gasteiger partial charge in [-0.2, -0.15) is 0 Å². The van der Waals surface area contributed by atoms with Gasteiger partial charge in [-0.1, -0.05) is 18.2 Å². The van der Waals surface area contributed by atoms with Crippen molar-refractivity contribution >= 4 is 11.6 Å². The molecule has 0 fully saturated rings. The molecule has 0 aromatic heterocycles. The number of hydrogen-bond acceptors (Lipinski definition) is 1. The zero-order chi connectivity index (χ0) is 7.98. The van der Waals surface area contributed by atoms with Crippen molar-refractivity contribution in [3.63, 3.8) is 0 Å². The minimum atomic E-state index is 0.997. The Hall–Kier alpha value is -0.690. The van der Waals surface area contributed by atoms with Crippen LogP contribution in [-0.2, 0) is 0 Å². The molecule has 0 aliphatic carbocycles. The van der Waals surface area contributed by atoms with E-state index in [2.05, 4.69) is 11.9 Å². The fourth-order valence-corrected chi connectivity index (χ4v) is 0.833. The maximum absolute atomic E-state index is 5.38. The van der Waals surface area contributed by atoms with Gasteiger partial charge in [-0.05, 0) is 24.6 Å². The predicted octanol–water partition coefficient (Wildman–Crippen LogP) is 2.42. The summed E-state index contributed by atoms with van der Waals surface area (Å²) >= 11 is 5.38. The van der Waals surface area contributed by atoms with Crippen molar-refractivity contribution in [3.05, 3.63) is 35.5 Å². The van der Waals surface area contributed by atoms with Crippen molar-refractivity contribution in [2.24, 2.45) is 0 Å². The van der Waals surface area contributed by atoms with E-state index >= 15 is 0 Å². The van der Waals surface area contributed by atoms with Crippen molar-refractivity contribution in [2.75, 3.05) is 7.05 Å². The summed E-state index contributed by atoms with van der Waals surface area (Å²) in [4.78, 5) is 0. The van der Waals surface area contributed by atoms with E-state index in [4.69, 9.17) is 11.6 Å². The van der Waals surface area contributed by atoms with E-state index in [0.29, 0.717) is 0 Å². The summed E-state index contributed by atoms with van der Waals surface area (Å²) in [6.07, 6.45) is 3.57. The van der Waals surface area contributed by atoms with Crippen LogP contribution in [0.25, 0.3) is 0 Å². The van der Waals surface area contributed by atoms with E-state index in [9.17, 15) is 0 Å². The van der Waals surface area contributed by atoms with Gasteiger partial charge in [0.25, 0.3) is 0 Å². The molecule has 0 saturated carbocycles. The highest BCUT2D eigenvalue weighted by molar-refractivity contribution is 6.25. The Bertz CT molecular complexity index is 168. The van der Waals surface area contributed by atoms with Crippen LogP contribution in [0.5, 0.6) is 0 Å². The van der Waals surface area contributed by atoms with Crippen LogP contribution in [0.15, 0.2) is 35.5 Å². The molecule has 0 atom stereocenters. The molecule has 56 valence electrons. The maximum Gasteiger partial charge on any atom is 0.0361 e. The largest absolute Gasteiger partial charge is 0.388 e. The molecule has 0 aromatic rings. The summed E-state index contributed by atoms with van der Waals surface area (Å²) in [5.41, 5.74) is 3.56. The summed E-state index contributed by atoms with van der Waals surface area (Å²) < 4.78 is 0. The van der Waals surface area contributed by atoms with Gasteiger partial charge >= 0.3 is 0 Å². The summed E-state index contributed by atoms with van der Waals surface area (Å²) in [5.74, 6) is 0. The first-order valence-electron chi connectivity index (χ1n) is 3.04. The fraction of sp³-hybridized carbons (Fsp3) is 0.250. The summed E-state index contributed by atoms with van der Waals surface area (Å²) in [5, 5.41) is 2.99. The zero-order valence-electron chi connectivity index (χ0n) is 6.32. The molecule has 0 spiro atoms. The lowest BCUT2D eigenvalue weighted by atomic mass is 10.2. The Labute approximate surface area is 67.1 Å². The number of rotatable bonds is 3. The van der Waals surface area contributed by atoms with Gasteiger partial charge in [0, 0.05) is 18.3 Å². The van der Waals surface area contributed by atoms with Crippen LogP contribution in [0.4, 0.5) is 0 Å². The van der Waals surface area contributed by atoms with Crippen molar-refractivity contribution < 1.29 is 0 Å². The number of likely N-dealkylation sites (N-methyl/N-ethyl adjacent to an activating group) is 1. The summed E-state index contributed by atoms with van der Waals surface area (Å²) in [7, 11) is 1.85. The van der Waals surface area contributed by atoms with Crippen LogP contribution in [0.1, 0.15) is 6.92 Å². The van der Waals surface area contributed by atoms with Gasteiger partial charge in [-0.15, -0.1) is 0 Å². The molecule has 1 nitrogen and oxygen atoms in total. The molecule has 10 heavy (non-hydrogen) atoms. The maximum atomic E-state index is 5.38. The molecule has 0 amide bonds. The smallest absolute Gasteiger partial charge is 0.0361 e. The highest BCUT2D eigenvalue weighted by Gasteiger charge is 1.89. The van der Waals surface area contributed by atoms with Crippen molar-refractivity contribution in [1.29, 1.82) is 0 Å². The predicted molar refractivity (Wildman–Crippen MR) is 46.9 cm³/mol. The lowest BCUT2D eigenvalue weighted by Gasteiger charge is -2.01. The second-order valence-electron chi connectivity index (χ2n) is 1.84. The number of hydrogen-bond donors (Lipinski definition) is 1. The Morgan fingerprint density at radius 1 is 1.60 bits per heavy atom. The Morgan fingerprint density at radius 3 is 2.50 bits per heavy atom. The number of nitrogens with one attached hydrogen (secondary N) is 1. The standard InChI is InChI=1S/C8H12ClN/c1-4-8(10-3)7(2)5-6-9/h4-6,10H,1H2,2-3H3/b6-5+,8-7+. The molecular formula is C8H12ClN. The van der Waals surface area contributed by atoms with Gasteiger partial charge in [-0.3, -0.25) is 0 Å².